The molecule has 2 heterocycles. The highest BCUT2D eigenvalue weighted by Crippen LogP contribution is 2.45. The molecule has 2 aliphatic heterocycles. The van der Waals surface area contributed by atoms with Crippen molar-refractivity contribution < 1.29 is 14.3 Å². The zero-order valence-electron chi connectivity index (χ0n) is 17.2. The number of benzene rings is 1. The third-order valence-electron chi connectivity index (χ3n) is 7.18. The van der Waals surface area contributed by atoms with Gasteiger partial charge < -0.3 is 19.7 Å². The molecule has 1 saturated carbocycles. The molecule has 4 rings (SSSR count). The van der Waals surface area contributed by atoms with Gasteiger partial charge in [0.1, 0.15) is 5.75 Å². The van der Waals surface area contributed by atoms with Crippen molar-refractivity contribution in [2.24, 2.45) is 17.8 Å². The Kier molecular flexibility index (Phi) is 6.22. The zero-order valence-corrected chi connectivity index (χ0v) is 17.2. The molecule has 2 saturated heterocycles. The summed E-state index contributed by atoms with van der Waals surface area (Å²) < 4.78 is 10.7. The Balaban J connectivity index is 1.32. The predicted octanol–water partition coefficient (Wildman–Crippen LogP) is 2.88. The Bertz CT molecular complexity index is 656. The summed E-state index contributed by atoms with van der Waals surface area (Å²) in [6.07, 6.45) is 5.03. The fourth-order valence-corrected chi connectivity index (χ4v) is 5.48. The molecule has 4 atom stereocenters. The van der Waals surface area contributed by atoms with Crippen LogP contribution in [0.5, 0.6) is 5.75 Å². The highest BCUT2D eigenvalue weighted by Gasteiger charge is 2.50. The minimum absolute atomic E-state index is 0.353. The Morgan fingerprint density at radius 2 is 1.96 bits per heavy atom. The SMILES string of the molecule is COc1ccc(CCN2C(=O)C[C@H]3[C@H](CNC4CCOCC4)[C@@H](C)C[C@H]32)cc1. The second kappa shape index (κ2) is 8.83. The molecular formula is C23H34N2O3. The van der Waals surface area contributed by atoms with Crippen LogP contribution in [0, 0.1) is 17.8 Å². The van der Waals surface area contributed by atoms with E-state index in [2.05, 4.69) is 29.3 Å². The Morgan fingerprint density at radius 3 is 2.68 bits per heavy atom. The molecule has 5 nitrogen and oxygen atoms in total. The highest BCUT2D eigenvalue weighted by molar-refractivity contribution is 5.79. The first-order valence-corrected chi connectivity index (χ1v) is 10.9. The number of ether oxygens (including phenoxy) is 2. The molecular weight excluding hydrogens is 352 g/mol. The van der Waals surface area contributed by atoms with Crippen LogP contribution in [0.15, 0.2) is 24.3 Å². The average molecular weight is 387 g/mol. The van der Waals surface area contributed by atoms with Gasteiger partial charge in [-0.2, -0.15) is 0 Å². The predicted molar refractivity (Wildman–Crippen MR) is 109 cm³/mol. The van der Waals surface area contributed by atoms with E-state index in [9.17, 15) is 4.79 Å². The molecule has 1 N–H and O–H groups in total. The summed E-state index contributed by atoms with van der Waals surface area (Å²) in [6, 6.07) is 9.23. The number of likely N-dealkylation sites (tertiary alicyclic amines) is 1. The van der Waals surface area contributed by atoms with Gasteiger partial charge in [0.05, 0.1) is 7.11 Å². The van der Waals surface area contributed by atoms with Crippen LogP contribution in [-0.2, 0) is 16.0 Å². The van der Waals surface area contributed by atoms with Crippen LogP contribution in [0.1, 0.15) is 38.2 Å². The Morgan fingerprint density at radius 1 is 1.21 bits per heavy atom. The number of carbonyl (C=O) groups is 1. The van der Waals surface area contributed by atoms with Crippen molar-refractivity contribution in [1.29, 1.82) is 0 Å². The van der Waals surface area contributed by atoms with Crippen molar-refractivity contribution in [3.05, 3.63) is 29.8 Å². The minimum Gasteiger partial charge on any atom is -0.497 e. The molecule has 154 valence electrons. The van der Waals surface area contributed by atoms with Crippen LogP contribution in [0.3, 0.4) is 0 Å². The maximum absolute atomic E-state index is 12.7. The number of amides is 1. The number of hydrogen-bond donors (Lipinski definition) is 1. The van der Waals surface area contributed by atoms with Crippen molar-refractivity contribution in [3.63, 3.8) is 0 Å². The van der Waals surface area contributed by atoms with E-state index < -0.39 is 0 Å². The molecule has 28 heavy (non-hydrogen) atoms. The van der Waals surface area contributed by atoms with Crippen molar-refractivity contribution in [1.82, 2.24) is 10.2 Å². The lowest BCUT2D eigenvalue weighted by atomic mass is 9.88. The van der Waals surface area contributed by atoms with E-state index in [1.54, 1.807) is 7.11 Å². The normalized spacial score (nSPS) is 30.6. The van der Waals surface area contributed by atoms with E-state index in [0.29, 0.717) is 35.7 Å². The Hall–Kier alpha value is -1.59. The van der Waals surface area contributed by atoms with E-state index >= 15 is 0 Å². The quantitative estimate of drug-likeness (QED) is 0.783. The van der Waals surface area contributed by atoms with Gasteiger partial charge in [-0.15, -0.1) is 0 Å². The molecule has 3 fully saturated rings. The lowest BCUT2D eigenvalue weighted by molar-refractivity contribution is -0.129. The maximum Gasteiger partial charge on any atom is 0.223 e. The van der Waals surface area contributed by atoms with Gasteiger partial charge in [0, 0.05) is 38.3 Å². The van der Waals surface area contributed by atoms with E-state index in [0.717, 1.165) is 64.2 Å². The van der Waals surface area contributed by atoms with Crippen LogP contribution in [-0.4, -0.2) is 56.3 Å². The lowest BCUT2D eigenvalue weighted by Gasteiger charge is -2.28. The topological polar surface area (TPSA) is 50.8 Å². The summed E-state index contributed by atoms with van der Waals surface area (Å²) in [4.78, 5) is 14.9. The summed E-state index contributed by atoms with van der Waals surface area (Å²) in [5.41, 5.74) is 1.26. The fourth-order valence-electron chi connectivity index (χ4n) is 5.48. The molecule has 1 amide bonds. The van der Waals surface area contributed by atoms with Gasteiger partial charge in [-0.3, -0.25) is 4.79 Å². The monoisotopic (exact) mass is 386 g/mol. The number of nitrogens with zero attached hydrogens (tertiary/aromatic N) is 1. The number of rotatable bonds is 7. The first kappa shape index (κ1) is 19.7. The number of methoxy groups -OCH3 is 1. The van der Waals surface area contributed by atoms with Gasteiger partial charge in [-0.25, -0.2) is 0 Å². The molecule has 1 aromatic rings. The van der Waals surface area contributed by atoms with Gasteiger partial charge in [-0.1, -0.05) is 19.1 Å². The number of fused-ring (bicyclic) bond motifs is 1. The Labute approximate surface area is 168 Å². The number of hydrogen-bond acceptors (Lipinski definition) is 4. The summed E-state index contributed by atoms with van der Waals surface area (Å²) in [7, 11) is 1.69. The summed E-state index contributed by atoms with van der Waals surface area (Å²) in [5, 5.41) is 3.78. The minimum atomic E-state index is 0.353. The molecule has 0 radical (unpaired) electrons. The summed E-state index contributed by atoms with van der Waals surface area (Å²) in [5.74, 6) is 3.05. The van der Waals surface area contributed by atoms with Gasteiger partial charge >= 0.3 is 0 Å². The molecule has 1 aromatic carbocycles. The lowest BCUT2D eigenvalue weighted by Crippen LogP contribution is -2.40. The van der Waals surface area contributed by atoms with Crippen molar-refractivity contribution in [2.75, 3.05) is 33.4 Å². The van der Waals surface area contributed by atoms with Crippen LogP contribution in [0.2, 0.25) is 0 Å². The molecule has 0 aromatic heterocycles. The largest absolute Gasteiger partial charge is 0.497 e. The van der Waals surface area contributed by atoms with E-state index in [1.807, 2.05) is 12.1 Å². The third-order valence-corrected chi connectivity index (χ3v) is 7.18. The number of carbonyl (C=O) groups excluding carboxylic acids is 1. The molecule has 0 unspecified atom stereocenters. The standard InChI is InChI=1S/C23H34N2O3/c1-16-13-22-20(21(16)15-24-18-8-11-28-12-9-18)14-23(26)25(22)10-7-17-3-5-19(27-2)6-4-17/h3-6,16,18,20-22,24H,7-15H2,1-2H3/t16-,20-,21+,22+/m0/s1. The van der Waals surface area contributed by atoms with Gasteiger partial charge in [0.15, 0.2) is 0 Å². The summed E-state index contributed by atoms with van der Waals surface area (Å²) >= 11 is 0. The molecule has 3 aliphatic rings. The summed E-state index contributed by atoms with van der Waals surface area (Å²) in [6.45, 7) is 6.01. The maximum atomic E-state index is 12.7. The first-order chi connectivity index (χ1) is 13.7. The van der Waals surface area contributed by atoms with Crippen LogP contribution in [0.25, 0.3) is 0 Å². The third kappa shape index (κ3) is 4.20. The first-order valence-electron chi connectivity index (χ1n) is 10.9. The van der Waals surface area contributed by atoms with Crippen LogP contribution in [0.4, 0.5) is 0 Å². The van der Waals surface area contributed by atoms with E-state index in [4.69, 9.17) is 9.47 Å². The van der Waals surface area contributed by atoms with Crippen molar-refractivity contribution in [2.45, 2.75) is 51.1 Å². The van der Waals surface area contributed by atoms with E-state index in [-0.39, 0.29) is 0 Å². The molecule has 5 heteroatoms. The smallest absolute Gasteiger partial charge is 0.223 e. The average Bonchev–Trinajstić information content (AvgIpc) is 3.19. The van der Waals surface area contributed by atoms with Crippen LogP contribution >= 0.6 is 0 Å². The van der Waals surface area contributed by atoms with Gasteiger partial charge in [-0.05, 0) is 67.7 Å². The molecule has 1 aliphatic carbocycles. The molecule has 0 spiro atoms. The fraction of sp³-hybridized carbons (Fsp3) is 0.696. The van der Waals surface area contributed by atoms with E-state index in [1.165, 1.54) is 5.56 Å². The number of nitrogens with one attached hydrogen (secondary N) is 1. The second-order valence-corrected chi connectivity index (χ2v) is 8.79. The van der Waals surface area contributed by atoms with Crippen molar-refractivity contribution >= 4 is 5.91 Å². The van der Waals surface area contributed by atoms with Crippen LogP contribution < -0.4 is 10.1 Å². The van der Waals surface area contributed by atoms with Crippen molar-refractivity contribution in [3.8, 4) is 5.75 Å². The molecule has 0 bridgehead atoms. The zero-order chi connectivity index (χ0) is 19.5. The van der Waals surface area contributed by atoms with Gasteiger partial charge in [0.2, 0.25) is 5.91 Å². The van der Waals surface area contributed by atoms with Gasteiger partial charge in [0.25, 0.3) is 0 Å². The second-order valence-electron chi connectivity index (χ2n) is 8.79. The highest BCUT2D eigenvalue weighted by atomic mass is 16.5.